The molecule has 0 aromatic heterocycles. The Morgan fingerprint density at radius 3 is 2.43 bits per heavy atom. The minimum absolute atomic E-state index is 0.359. The Labute approximate surface area is 128 Å². The van der Waals surface area contributed by atoms with Crippen LogP contribution in [0.4, 0.5) is 0 Å². The molecule has 1 fully saturated rings. The van der Waals surface area contributed by atoms with E-state index in [1.54, 1.807) is 0 Å². The van der Waals surface area contributed by atoms with Gasteiger partial charge in [0.05, 0.1) is 12.6 Å². The van der Waals surface area contributed by atoms with E-state index in [1.165, 1.54) is 0 Å². The predicted octanol–water partition coefficient (Wildman–Crippen LogP) is 2.96. The zero-order valence-electron chi connectivity index (χ0n) is 13.6. The number of nitrogens with two attached hydrogens (primary N) is 1. The number of hydrogen-bond acceptors (Lipinski definition) is 3. The van der Waals surface area contributed by atoms with Crippen LogP contribution in [0.5, 0.6) is 5.75 Å². The molecule has 4 heteroatoms. The maximum absolute atomic E-state index is 6.06. The summed E-state index contributed by atoms with van der Waals surface area (Å²) in [4.78, 5) is 4.61. The van der Waals surface area contributed by atoms with Crippen LogP contribution in [0.2, 0.25) is 0 Å². The van der Waals surface area contributed by atoms with Crippen molar-refractivity contribution in [1.29, 1.82) is 0 Å². The summed E-state index contributed by atoms with van der Waals surface area (Å²) in [5, 5.41) is 3.33. The number of benzene rings is 1. The summed E-state index contributed by atoms with van der Waals surface area (Å²) < 4.78 is 5.55. The standard InChI is InChI=1S/C15H23N3O.C2H6/c1-2-11-19-14-5-3-12(4-6-14)15(16)18-13-7-9-17-10-8-13;1-2/h3-6,13,17H,2,7-11H2,1H3,(H2,16,18);1-2H3. The topological polar surface area (TPSA) is 59.6 Å². The third kappa shape index (κ3) is 6.17. The van der Waals surface area contributed by atoms with E-state index in [0.717, 1.165) is 50.3 Å². The molecular weight excluding hydrogens is 262 g/mol. The number of nitrogens with zero attached hydrogens (tertiary/aromatic N) is 1. The highest BCUT2D eigenvalue weighted by atomic mass is 16.5. The van der Waals surface area contributed by atoms with Crippen molar-refractivity contribution in [1.82, 2.24) is 5.32 Å². The molecule has 0 aliphatic carbocycles. The molecule has 4 nitrogen and oxygen atoms in total. The van der Waals surface area contributed by atoms with Crippen molar-refractivity contribution < 1.29 is 4.74 Å². The SMILES string of the molecule is CC.CCCOc1ccc(C(N)=NC2CCNCC2)cc1. The number of nitrogens with one attached hydrogen (secondary N) is 1. The Hall–Kier alpha value is -1.55. The fraction of sp³-hybridized carbons (Fsp3) is 0.588. The molecule has 0 saturated carbocycles. The number of rotatable bonds is 5. The quantitative estimate of drug-likeness (QED) is 0.647. The summed E-state index contributed by atoms with van der Waals surface area (Å²) in [7, 11) is 0. The molecule has 1 aliphatic rings. The molecule has 118 valence electrons. The second kappa shape index (κ2) is 10.2. The van der Waals surface area contributed by atoms with E-state index < -0.39 is 0 Å². The zero-order valence-corrected chi connectivity index (χ0v) is 13.6. The molecule has 21 heavy (non-hydrogen) atoms. The minimum atomic E-state index is 0.359. The van der Waals surface area contributed by atoms with Crippen LogP contribution in [0, 0.1) is 0 Å². The molecule has 1 heterocycles. The van der Waals surface area contributed by atoms with E-state index >= 15 is 0 Å². The smallest absolute Gasteiger partial charge is 0.125 e. The maximum atomic E-state index is 6.06. The van der Waals surface area contributed by atoms with E-state index in [-0.39, 0.29) is 0 Å². The molecule has 1 aromatic rings. The monoisotopic (exact) mass is 291 g/mol. The number of aliphatic imine (C=N–C) groups is 1. The van der Waals surface area contributed by atoms with Crippen molar-refractivity contribution in [3.63, 3.8) is 0 Å². The molecule has 1 saturated heterocycles. The summed E-state index contributed by atoms with van der Waals surface area (Å²) in [5.74, 6) is 1.52. The highest BCUT2D eigenvalue weighted by molar-refractivity contribution is 5.97. The first-order valence-corrected chi connectivity index (χ1v) is 8.07. The molecule has 0 atom stereocenters. The predicted molar refractivity (Wildman–Crippen MR) is 90.2 cm³/mol. The average molecular weight is 291 g/mol. The Balaban J connectivity index is 0.00000106. The Morgan fingerprint density at radius 2 is 1.86 bits per heavy atom. The first-order valence-electron chi connectivity index (χ1n) is 8.07. The van der Waals surface area contributed by atoms with Gasteiger partial charge in [0.15, 0.2) is 0 Å². The van der Waals surface area contributed by atoms with Crippen LogP contribution in [-0.2, 0) is 0 Å². The Bertz CT molecular complexity index is 409. The molecule has 0 spiro atoms. The van der Waals surface area contributed by atoms with Crippen molar-refractivity contribution in [3.8, 4) is 5.75 Å². The lowest BCUT2D eigenvalue weighted by atomic mass is 10.1. The second-order valence-electron chi connectivity index (χ2n) is 4.87. The van der Waals surface area contributed by atoms with Gasteiger partial charge in [-0.3, -0.25) is 4.99 Å². The fourth-order valence-corrected chi connectivity index (χ4v) is 2.15. The average Bonchev–Trinajstić information content (AvgIpc) is 2.56. The second-order valence-corrected chi connectivity index (χ2v) is 4.87. The van der Waals surface area contributed by atoms with Gasteiger partial charge in [-0.05, 0) is 56.6 Å². The summed E-state index contributed by atoms with van der Waals surface area (Å²) in [6, 6.07) is 8.22. The van der Waals surface area contributed by atoms with Crippen LogP contribution in [0.25, 0.3) is 0 Å². The van der Waals surface area contributed by atoms with Gasteiger partial charge in [0, 0.05) is 5.56 Å². The van der Waals surface area contributed by atoms with Crippen LogP contribution < -0.4 is 15.8 Å². The third-order valence-electron chi connectivity index (χ3n) is 3.25. The van der Waals surface area contributed by atoms with E-state index in [2.05, 4.69) is 17.2 Å². The highest BCUT2D eigenvalue weighted by Gasteiger charge is 2.12. The first-order chi connectivity index (χ1) is 10.3. The van der Waals surface area contributed by atoms with Crippen molar-refractivity contribution in [2.75, 3.05) is 19.7 Å². The molecule has 0 unspecified atom stereocenters. The van der Waals surface area contributed by atoms with E-state index in [4.69, 9.17) is 10.5 Å². The van der Waals surface area contributed by atoms with Gasteiger partial charge in [0.2, 0.25) is 0 Å². The van der Waals surface area contributed by atoms with Gasteiger partial charge in [-0.2, -0.15) is 0 Å². The molecular formula is C17H29N3O. The van der Waals surface area contributed by atoms with Crippen molar-refractivity contribution >= 4 is 5.84 Å². The third-order valence-corrected chi connectivity index (χ3v) is 3.25. The summed E-state index contributed by atoms with van der Waals surface area (Å²) in [6.07, 6.45) is 3.15. The van der Waals surface area contributed by atoms with Crippen LogP contribution in [0.3, 0.4) is 0 Å². The lowest BCUT2D eigenvalue weighted by Gasteiger charge is -2.19. The van der Waals surface area contributed by atoms with Gasteiger partial charge < -0.3 is 15.8 Å². The molecule has 0 radical (unpaired) electrons. The van der Waals surface area contributed by atoms with E-state index in [1.807, 2.05) is 38.1 Å². The normalized spacial score (nSPS) is 16.0. The molecule has 0 bridgehead atoms. The van der Waals surface area contributed by atoms with Gasteiger partial charge >= 0.3 is 0 Å². The number of amidine groups is 1. The molecule has 0 amide bonds. The molecule has 3 N–H and O–H groups in total. The minimum Gasteiger partial charge on any atom is -0.494 e. The molecule has 2 rings (SSSR count). The molecule has 1 aliphatic heterocycles. The lowest BCUT2D eigenvalue weighted by molar-refractivity contribution is 0.317. The summed E-state index contributed by atoms with van der Waals surface area (Å²) in [5.41, 5.74) is 7.04. The van der Waals surface area contributed by atoms with Gasteiger partial charge in [-0.15, -0.1) is 0 Å². The van der Waals surface area contributed by atoms with Gasteiger partial charge in [0.1, 0.15) is 11.6 Å². The van der Waals surface area contributed by atoms with Crippen molar-refractivity contribution in [2.45, 2.75) is 46.1 Å². The van der Waals surface area contributed by atoms with Crippen LogP contribution in [0.1, 0.15) is 45.6 Å². The number of hydrogen-bond donors (Lipinski definition) is 2. The largest absolute Gasteiger partial charge is 0.494 e. The van der Waals surface area contributed by atoms with Crippen LogP contribution >= 0.6 is 0 Å². The molecule has 1 aromatic carbocycles. The van der Waals surface area contributed by atoms with Crippen molar-refractivity contribution in [2.24, 2.45) is 10.7 Å². The van der Waals surface area contributed by atoms with Crippen LogP contribution in [-0.4, -0.2) is 31.6 Å². The number of ether oxygens (including phenoxy) is 1. The highest BCUT2D eigenvalue weighted by Crippen LogP contribution is 2.14. The summed E-state index contributed by atoms with van der Waals surface area (Å²) in [6.45, 7) is 8.91. The van der Waals surface area contributed by atoms with Crippen molar-refractivity contribution in [3.05, 3.63) is 29.8 Å². The van der Waals surface area contributed by atoms with E-state index in [9.17, 15) is 0 Å². The Morgan fingerprint density at radius 1 is 1.24 bits per heavy atom. The van der Waals surface area contributed by atoms with Gasteiger partial charge in [-0.1, -0.05) is 20.8 Å². The Kier molecular flexibility index (Phi) is 8.51. The van der Waals surface area contributed by atoms with Gasteiger partial charge in [0.25, 0.3) is 0 Å². The van der Waals surface area contributed by atoms with E-state index in [0.29, 0.717) is 11.9 Å². The van der Waals surface area contributed by atoms with Gasteiger partial charge in [-0.25, -0.2) is 0 Å². The maximum Gasteiger partial charge on any atom is 0.125 e. The number of piperidine rings is 1. The lowest BCUT2D eigenvalue weighted by Crippen LogP contribution is -2.31. The zero-order chi connectivity index (χ0) is 15.5. The first kappa shape index (κ1) is 17.5. The van der Waals surface area contributed by atoms with Crippen LogP contribution in [0.15, 0.2) is 29.3 Å². The fourth-order valence-electron chi connectivity index (χ4n) is 2.15. The summed E-state index contributed by atoms with van der Waals surface area (Å²) >= 11 is 0.